The van der Waals surface area contributed by atoms with E-state index in [1.807, 2.05) is 80.6 Å². The van der Waals surface area contributed by atoms with Gasteiger partial charge in [0.15, 0.2) is 17.1 Å². The fourth-order valence-electron chi connectivity index (χ4n) is 3.83. The molecule has 0 saturated carbocycles. The predicted octanol–water partition coefficient (Wildman–Crippen LogP) is 4.13. The summed E-state index contributed by atoms with van der Waals surface area (Å²) in [5.74, 6) is 1.12. The van der Waals surface area contributed by atoms with Crippen LogP contribution in [0.1, 0.15) is 22.3 Å². The Morgan fingerprint density at radius 3 is 2.42 bits per heavy atom. The number of rotatable bonds is 6. The second kappa shape index (κ2) is 10.8. The average Bonchev–Trinajstić information content (AvgIpc) is 3.19. The maximum atomic E-state index is 13.5. The zero-order chi connectivity index (χ0) is 25.7. The molecule has 4 rings (SSSR count). The van der Waals surface area contributed by atoms with E-state index in [4.69, 9.17) is 9.47 Å². The van der Waals surface area contributed by atoms with Crippen LogP contribution in [0.2, 0.25) is 0 Å². The van der Waals surface area contributed by atoms with Gasteiger partial charge in [-0.25, -0.2) is 0 Å². The van der Waals surface area contributed by atoms with E-state index < -0.39 is 0 Å². The van der Waals surface area contributed by atoms with Crippen LogP contribution in [0, 0.1) is 36.5 Å². The minimum absolute atomic E-state index is 0.113. The highest BCUT2D eigenvalue weighted by molar-refractivity contribution is 7.07. The Hall–Kier alpha value is -4.59. The molecule has 4 aromatic rings. The Morgan fingerprint density at radius 1 is 1.00 bits per heavy atom. The molecule has 178 valence electrons. The van der Waals surface area contributed by atoms with Crippen molar-refractivity contribution in [2.24, 2.45) is 0 Å². The van der Waals surface area contributed by atoms with E-state index >= 15 is 0 Å². The number of ether oxygens (including phenoxy) is 2. The molecule has 0 saturated heterocycles. The lowest BCUT2D eigenvalue weighted by Gasteiger charge is -2.11. The lowest BCUT2D eigenvalue weighted by atomic mass is 10.1. The van der Waals surface area contributed by atoms with Gasteiger partial charge in [-0.15, -0.1) is 11.3 Å². The summed E-state index contributed by atoms with van der Waals surface area (Å²) in [6.07, 6.45) is 1.73. The minimum Gasteiger partial charge on any atom is -0.493 e. The molecule has 6 nitrogen and oxygen atoms in total. The second-order valence-corrected chi connectivity index (χ2v) is 9.16. The topological polar surface area (TPSA) is 88.0 Å². The number of aromatic nitrogens is 1. The van der Waals surface area contributed by atoms with Crippen LogP contribution in [0.15, 0.2) is 71.5 Å². The quantitative estimate of drug-likeness (QED) is 0.403. The van der Waals surface area contributed by atoms with E-state index in [0.29, 0.717) is 33.0 Å². The molecule has 0 unspecified atom stereocenters. The zero-order valence-electron chi connectivity index (χ0n) is 20.1. The maximum Gasteiger partial charge on any atom is 0.273 e. The Morgan fingerprint density at radius 2 is 1.75 bits per heavy atom. The molecular weight excluding hydrogens is 470 g/mol. The van der Waals surface area contributed by atoms with Gasteiger partial charge in [-0.05, 0) is 54.8 Å². The molecular formula is C29H23N3O3S. The molecule has 0 aliphatic rings. The molecule has 0 spiro atoms. The molecule has 7 heteroatoms. The number of hydrogen-bond acceptors (Lipinski definition) is 6. The highest BCUT2D eigenvalue weighted by atomic mass is 32.1. The molecule has 0 atom stereocenters. The number of thiazole rings is 1. The first-order chi connectivity index (χ1) is 17.4. The monoisotopic (exact) mass is 493 g/mol. The van der Waals surface area contributed by atoms with Gasteiger partial charge < -0.3 is 9.47 Å². The molecule has 0 N–H and O–H groups in total. The molecule has 36 heavy (non-hydrogen) atoms. The second-order valence-electron chi connectivity index (χ2n) is 8.13. The van der Waals surface area contributed by atoms with Crippen molar-refractivity contribution in [2.45, 2.75) is 20.5 Å². The first kappa shape index (κ1) is 24.5. The number of nitrogens with zero attached hydrogens (tertiary/aromatic N) is 3. The Labute approximate surface area is 212 Å². The van der Waals surface area contributed by atoms with Gasteiger partial charge in [-0.3, -0.25) is 9.36 Å². The van der Waals surface area contributed by atoms with Crippen molar-refractivity contribution in [3.8, 4) is 29.3 Å². The van der Waals surface area contributed by atoms with E-state index in [-0.39, 0.29) is 11.1 Å². The lowest BCUT2D eigenvalue weighted by molar-refractivity contribution is 0.284. The Kier molecular flexibility index (Phi) is 7.34. The van der Waals surface area contributed by atoms with Gasteiger partial charge in [0, 0.05) is 0 Å². The van der Waals surface area contributed by atoms with Crippen molar-refractivity contribution in [3.63, 3.8) is 0 Å². The average molecular weight is 494 g/mol. The summed E-state index contributed by atoms with van der Waals surface area (Å²) < 4.78 is 13.6. The predicted molar refractivity (Wildman–Crippen MR) is 141 cm³/mol. The van der Waals surface area contributed by atoms with Gasteiger partial charge in [-0.1, -0.05) is 54.1 Å². The fraction of sp³-hybridized carbons (Fsp3) is 0.138. The van der Waals surface area contributed by atoms with Crippen LogP contribution in [-0.2, 0) is 6.61 Å². The van der Waals surface area contributed by atoms with Gasteiger partial charge in [0.1, 0.15) is 23.4 Å². The first-order valence-electron chi connectivity index (χ1n) is 11.2. The summed E-state index contributed by atoms with van der Waals surface area (Å²) in [6, 6.07) is 24.8. The number of hydrogen-bond donors (Lipinski definition) is 0. The highest BCUT2D eigenvalue weighted by Crippen LogP contribution is 2.29. The van der Waals surface area contributed by atoms with Gasteiger partial charge in [-0.2, -0.15) is 10.5 Å². The number of methoxy groups -OCH3 is 1. The van der Waals surface area contributed by atoms with E-state index in [2.05, 4.69) is 0 Å². The smallest absolute Gasteiger partial charge is 0.273 e. The third-order valence-corrected chi connectivity index (χ3v) is 6.67. The highest BCUT2D eigenvalue weighted by Gasteiger charge is 2.14. The van der Waals surface area contributed by atoms with Gasteiger partial charge >= 0.3 is 0 Å². The van der Waals surface area contributed by atoms with Gasteiger partial charge in [0.2, 0.25) is 0 Å². The number of aryl methyl sites for hydroxylation is 2. The normalized spacial score (nSPS) is 11.0. The first-order valence-corrected chi connectivity index (χ1v) is 12.0. The number of benzene rings is 3. The van der Waals surface area contributed by atoms with Crippen LogP contribution in [0.5, 0.6) is 11.5 Å². The summed E-state index contributed by atoms with van der Waals surface area (Å²) in [5.41, 5.74) is 3.90. The molecule has 1 aromatic heterocycles. The Bertz CT molecular complexity index is 1670. The Balaban J connectivity index is 1.85. The molecule has 0 amide bonds. The largest absolute Gasteiger partial charge is 0.493 e. The van der Waals surface area contributed by atoms with Crippen molar-refractivity contribution in [2.75, 3.05) is 7.11 Å². The zero-order valence-corrected chi connectivity index (χ0v) is 20.9. The summed E-state index contributed by atoms with van der Waals surface area (Å²) >= 11 is 1.11. The SMILES string of the molecule is COc1ccc(C=c2sc(=C(C#N)C#N)n(-c3ccc(C)cc3C)c2=O)cc1OCc1ccccc1. The van der Waals surface area contributed by atoms with E-state index in [9.17, 15) is 15.3 Å². The fourth-order valence-corrected chi connectivity index (χ4v) is 4.88. The van der Waals surface area contributed by atoms with E-state index in [1.165, 1.54) is 4.57 Å². The van der Waals surface area contributed by atoms with Crippen LogP contribution in [0.4, 0.5) is 0 Å². The summed E-state index contributed by atoms with van der Waals surface area (Å²) in [7, 11) is 1.57. The molecule has 0 bridgehead atoms. The maximum absolute atomic E-state index is 13.5. The molecule has 0 aliphatic heterocycles. The van der Waals surface area contributed by atoms with Gasteiger partial charge in [0.25, 0.3) is 5.56 Å². The standard InChI is InChI=1S/C29H23N3O3S/c1-19-9-11-24(20(2)13-19)32-28(33)27(36-29(32)23(16-30)17-31)15-22-10-12-25(34-3)26(14-22)35-18-21-7-5-4-6-8-21/h4-15H,18H2,1-3H3. The van der Waals surface area contributed by atoms with Crippen molar-refractivity contribution in [1.29, 1.82) is 10.5 Å². The van der Waals surface area contributed by atoms with E-state index in [0.717, 1.165) is 33.6 Å². The van der Waals surface area contributed by atoms with Crippen molar-refractivity contribution in [1.82, 2.24) is 4.57 Å². The molecule has 0 radical (unpaired) electrons. The third kappa shape index (κ3) is 5.07. The molecule has 0 fully saturated rings. The molecule has 0 aliphatic carbocycles. The van der Waals surface area contributed by atoms with Crippen LogP contribution >= 0.6 is 11.3 Å². The summed E-state index contributed by atoms with van der Waals surface area (Å²) in [5, 5.41) is 19.1. The third-order valence-electron chi connectivity index (χ3n) is 5.58. The van der Waals surface area contributed by atoms with Gasteiger partial charge in [0.05, 0.1) is 17.3 Å². The minimum atomic E-state index is -0.299. The van der Waals surface area contributed by atoms with Crippen LogP contribution in [0.25, 0.3) is 17.3 Å². The number of nitriles is 2. The summed E-state index contributed by atoms with van der Waals surface area (Å²) in [6.45, 7) is 4.24. The summed E-state index contributed by atoms with van der Waals surface area (Å²) in [4.78, 5) is 13.5. The van der Waals surface area contributed by atoms with Crippen LogP contribution < -0.4 is 24.2 Å². The van der Waals surface area contributed by atoms with Crippen molar-refractivity contribution >= 4 is 23.0 Å². The van der Waals surface area contributed by atoms with E-state index in [1.54, 1.807) is 25.3 Å². The molecule has 3 aromatic carbocycles. The van der Waals surface area contributed by atoms with Crippen molar-refractivity contribution < 1.29 is 9.47 Å². The van der Waals surface area contributed by atoms with Crippen molar-refractivity contribution in [3.05, 3.63) is 109 Å². The molecule has 1 heterocycles. The van der Waals surface area contributed by atoms with Crippen LogP contribution in [0.3, 0.4) is 0 Å². The van der Waals surface area contributed by atoms with Crippen LogP contribution in [-0.4, -0.2) is 11.7 Å². The lowest BCUT2D eigenvalue weighted by Crippen LogP contribution is -2.31.